The van der Waals surface area contributed by atoms with Crippen LogP contribution < -0.4 is 4.74 Å². The molecule has 1 aliphatic carbocycles. The summed E-state index contributed by atoms with van der Waals surface area (Å²) in [6, 6.07) is 5.10. The van der Waals surface area contributed by atoms with Crippen molar-refractivity contribution in [3.05, 3.63) is 48.0 Å². The van der Waals surface area contributed by atoms with Gasteiger partial charge in [-0.15, -0.1) is 0 Å². The minimum absolute atomic E-state index is 0.0359. The molecule has 0 radical (unpaired) electrons. The molecule has 0 aromatic carbocycles. The third-order valence-corrected chi connectivity index (χ3v) is 5.75. The number of ether oxygens (including phenoxy) is 1. The van der Waals surface area contributed by atoms with Gasteiger partial charge in [0, 0.05) is 35.0 Å². The molecule has 7 nitrogen and oxygen atoms in total. The van der Waals surface area contributed by atoms with Gasteiger partial charge in [0.1, 0.15) is 11.4 Å². The normalized spacial score (nSPS) is 15.2. The number of carboxylic acid groups (broad SMARTS) is 1. The second-order valence-corrected chi connectivity index (χ2v) is 8.13. The van der Waals surface area contributed by atoms with E-state index in [4.69, 9.17) is 9.84 Å². The number of halogens is 3. The van der Waals surface area contributed by atoms with Crippen LogP contribution in [0.3, 0.4) is 0 Å². The largest absolute Gasteiger partial charge is 0.481 e. The van der Waals surface area contributed by atoms with Crippen molar-refractivity contribution in [3.8, 4) is 28.5 Å². The Balaban J connectivity index is 1.46. The molecule has 3 aromatic rings. The fraction of sp³-hybridized carbons (Fsp3) is 0.364. The molecule has 32 heavy (non-hydrogen) atoms. The molecule has 0 amide bonds. The van der Waals surface area contributed by atoms with Gasteiger partial charge < -0.3 is 14.8 Å². The highest BCUT2D eigenvalue weighted by Crippen LogP contribution is 2.44. The number of hydrogen-bond acceptors (Lipinski definition) is 5. The molecule has 0 unspecified atom stereocenters. The average Bonchev–Trinajstić information content (AvgIpc) is 3.21. The molecular formula is C22H21F3N4O3. The lowest BCUT2D eigenvalue weighted by atomic mass is 9.67. The predicted octanol–water partition coefficient (Wildman–Crippen LogP) is 4.88. The minimum atomic E-state index is -4.50. The van der Waals surface area contributed by atoms with Crippen LogP contribution in [0.1, 0.15) is 36.9 Å². The van der Waals surface area contributed by atoms with Gasteiger partial charge in [-0.25, -0.2) is 9.97 Å². The van der Waals surface area contributed by atoms with E-state index in [0.717, 1.165) is 42.1 Å². The van der Waals surface area contributed by atoms with Crippen molar-refractivity contribution >= 4 is 5.97 Å². The number of H-pyrrole nitrogens is 1. The zero-order valence-electron chi connectivity index (χ0n) is 17.2. The van der Waals surface area contributed by atoms with E-state index in [0.29, 0.717) is 18.2 Å². The lowest BCUT2D eigenvalue weighted by Crippen LogP contribution is -2.37. The summed E-state index contributed by atoms with van der Waals surface area (Å²) in [6.07, 6.45) is 2.17. The van der Waals surface area contributed by atoms with Crippen LogP contribution in [0.25, 0.3) is 22.6 Å². The summed E-state index contributed by atoms with van der Waals surface area (Å²) in [4.78, 5) is 25.6. The standard InChI is InChI=1S/C22H21F3N4O3/c1-13-7-18(32-12-21(5-2-6-21)8-19(30)31)27-10-15(13)14-3-4-16(26-9-14)20-28-11-17(29-20)22(23,24)25/h3-4,7,9-11H,2,5-6,8,12H2,1H3,(H,28,29)(H,30,31). The van der Waals surface area contributed by atoms with Gasteiger partial charge >= 0.3 is 12.1 Å². The molecule has 1 aliphatic rings. The summed E-state index contributed by atoms with van der Waals surface area (Å²) in [7, 11) is 0. The molecule has 2 N–H and O–H groups in total. The number of aryl methyl sites for hydroxylation is 1. The molecule has 3 aromatic heterocycles. The zero-order valence-corrected chi connectivity index (χ0v) is 17.2. The smallest absolute Gasteiger partial charge is 0.432 e. The Morgan fingerprint density at radius 2 is 1.97 bits per heavy atom. The zero-order chi connectivity index (χ0) is 22.9. The monoisotopic (exact) mass is 446 g/mol. The van der Waals surface area contributed by atoms with Gasteiger partial charge in [-0.3, -0.25) is 9.78 Å². The number of pyridine rings is 2. The van der Waals surface area contributed by atoms with Crippen molar-refractivity contribution in [2.24, 2.45) is 5.41 Å². The van der Waals surface area contributed by atoms with E-state index in [2.05, 4.69) is 19.9 Å². The van der Waals surface area contributed by atoms with Crippen LogP contribution in [-0.4, -0.2) is 37.6 Å². The lowest BCUT2D eigenvalue weighted by molar-refractivity contribution is -0.142. The van der Waals surface area contributed by atoms with E-state index < -0.39 is 17.8 Å². The summed E-state index contributed by atoms with van der Waals surface area (Å²) in [5, 5.41) is 9.11. The first kappa shape index (κ1) is 21.8. The van der Waals surface area contributed by atoms with Gasteiger partial charge in [-0.1, -0.05) is 12.5 Å². The van der Waals surface area contributed by atoms with Crippen molar-refractivity contribution in [1.82, 2.24) is 19.9 Å². The second-order valence-electron chi connectivity index (χ2n) is 8.13. The third kappa shape index (κ3) is 4.58. The fourth-order valence-electron chi connectivity index (χ4n) is 3.80. The lowest BCUT2D eigenvalue weighted by Gasteiger charge is -2.40. The van der Waals surface area contributed by atoms with Gasteiger partial charge in [0.25, 0.3) is 0 Å². The van der Waals surface area contributed by atoms with E-state index in [1.165, 1.54) is 0 Å². The first-order valence-corrected chi connectivity index (χ1v) is 10.1. The van der Waals surface area contributed by atoms with Crippen molar-refractivity contribution in [3.63, 3.8) is 0 Å². The van der Waals surface area contributed by atoms with Crippen LogP contribution >= 0.6 is 0 Å². The molecule has 0 bridgehead atoms. The van der Waals surface area contributed by atoms with Crippen LogP contribution in [0, 0.1) is 12.3 Å². The topological polar surface area (TPSA) is 101 Å². The Morgan fingerprint density at radius 3 is 2.50 bits per heavy atom. The summed E-state index contributed by atoms with van der Waals surface area (Å²) >= 11 is 0. The van der Waals surface area contributed by atoms with Crippen LogP contribution in [0.4, 0.5) is 13.2 Å². The maximum Gasteiger partial charge on any atom is 0.432 e. The number of nitrogens with one attached hydrogen (secondary N) is 1. The molecule has 4 rings (SSSR count). The van der Waals surface area contributed by atoms with E-state index in [-0.39, 0.29) is 17.7 Å². The summed E-state index contributed by atoms with van der Waals surface area (Å²) < 4.78 is 44.0. The first-order chi connectivity index (χ1) is 15.2. The first-order valence-electron chi connectivity index (χ1n) is 10.1. The number of aromatic nitrogens is 4. The van der Waals surface area contributed by atoms with E-state index >= 15 is 0 Å². The molecule has 0 saturated heterocycles. The molecule has 168 valence electrons. The van der Waals surface area contributed by atoms with Crippen molar-refractivity contribution in [2.45, 2.75) is 38.8 Å². The molecule has 0 aliphatic heterocycles. The number of carboxylic acids is 1. The molecular weight excluding hydrogens is 425 g/mol. The Kier molecular flexibility index (Phi) is 5.62. The number of carbonyl (C=O) groups is 1. The fourth-order valence-corrected chi connectivity index (χ4v) is 3.80. The number of imidazole rings is 1. The summed E-state index contributed by atoms with van der Waals surface area (Å²) in [6.45, 7) is 2.20. The maximum atomic E-state index is 12.7. The van der Waals surface area contributed by atoms with Crippen molar-refractivity contribution < 1.29 is 27.8 Å². The van der Waals surface area contributed by atoms with Crippen LogP contribution in [0.15, 0.2) is 36.8 Å². The molecule has 0 spiro atoms. The number of hydrogen-bond donors (Lipinski definition) is 2. The number of alkyl halides is 3. The van der Waals surface area contributed by atoms with Gasteiger partial charge in [0.05, 0.1) is 19.2 Å². The molecule has 3 heterocycles. The van der Waals surface area contributed by atoms with Crippen molar-refractivity contribution in [1.29, 1.82) is 0 Å². The van der Waals surface area contributed by atoms with E-state index in [1.54, 1.807) is 30.6 Å². The molecule has 1 fully saturated rings. The number of rotatable bonds is 7. The van der Waals surface area contributed by atoms with E-state index in [1.807, 2.05) is 6.92 Å². The van der Waals surface area contributed by atoms with E-state index in [9.17, 15) is 18.0 Å². The Labute approximate surface area is 181 Å². The quantitative estimate of drug-likeness (QED) is 0.536. The van der Waals surface area contributed by atoms with Crippen LogP contribution in [-0.2, 0) is 11.0 Å². The average molecular weight is 446 g/mol. The summed E-state index contributed by atoms with van der Waals surface area (Å²) in [5.41, 5.74) is 1.46. The third-order valence-electron chi connectivity index (χ3n) is 5.75. The molecule has 1 saturated carbocycles. The number of nitrogens with zero attached hydrogens (tertiary/aromatic N) is 3. The highest BCUT2D eigenvalue weighted by Gasteiger charge is 2.40. The summed E-state index contributed by atoms with van der Waals surface area (Å²) in [5.74, 6) is -0.371. The Bertz CT molecular complexity index is 1120. The molecule has 10 heteroatoms. The van der Waals surface area contributed by atoms with Gasteiger partial charge in [-0.05, 0) is 31.4 Å². The molecule has 0 atom stereocenters. The SMILES string of the molecule is Cc1cc(OCC2(CC(=O)O)CCC2)ncc1-c1ccc(-c2ncc(C(F)(F)F)[nH]2)nc1. The number of aromatic amines is 1. The maximum absolute atomic E-state index is 12.7. The van der Waals surface area contributed by atoms with Crippen molar-refractivity contribution in [2.75, 3.05) is 6.61 Å². The van der Waals surface area contributed by atoms with Gasteiger partial charge in [-0.2, -0.15) is 13.2 Å². The highest BCUT2D eigenvalue weighted by molar-refractivity contribution is 5.68. The minimum Gasteiger partial charge on any atom is -0.481 e. The predicted molar refractivity (Wildman–Crippen MR) is 109 cm³/mol. The van der Waals surface area contributed by atoms with Gasteiger partial charge in [0.15, 0.2) is 5.82 Å². The Hall–Kier alpha value is -3.43. The highest BCUT2D eigenvalue weighted by atomic mass is 19.4. The Morgan fingerprint density at radius 1 is 1.19 bits per heavy atom. The van der Waals surface area contributed by atoms with Crippen LogP contribution in [0.2, 0.25) is 0 Å². The number of aliphatic carboxylic acids is 1. The van der Waals surface area contributed by atoms with Crippen LogP contribution in [0.5, 0.6) is 5.88 Å². The van der Waals surface area contributed by atoms with Gasteiger partial charge in [0.2, 0.25) is 5.88 Å². The second kappa shape index (κ2) is 8.25.